The van der Waals surface area contributed by atoms with Gasteiger partial charge in [0.05, 0.1) is 11.6 Å². The van der Waals surface area contributed by atoms with Crippen LogP contribution in [0.4, 0.5) is 0 Å². The monoisotopic (exact) mass is 295 g/mol. The molecule has 0 spiro atoms. The molecule has 1 atom stereocenters. The van der Waals surface area contributed by atoms with Crippen LogP contribution >= 0.6 is 0 Å². The Balaban J connectivity index is 2.88. The first kappa shape index (κ1) is 17.9. The van der Waals surface area contributed by atoms with Crippen LogP contribution in [0, 0.1) is 11.8 Å². The van der Waals surface area contributed by atoms with Crippen LogP contribution in [0.2, 0.25) is 0 Å². The van der Waals surface area contributed by atoms with E-state index in [0.717, 1.165) is 32.1 Å². The summed E-state index contributed by atoms with van der Waals surface area (Å²) in [7, 11) is 0. The first-order chi connectivity index (χ1) is 10.1. The van der Waals surface area contributed by atoms with Gasteiger partial charge >= 0.3 is 0 Å². The number of Topliss-reactive ketones (excluding diaryl/α,β-unsaturated/α-hetero) is 2. The molecular formula is C17H29NO3. The third-order valence-electron chi connectivity index (χ3n) is 4.53. The highest BCUT2D eigenvalue weighted by Crippen LogP contribution is 2.27. The number of hydrogen-bond acceptors (Lipinski definition) is 4. The second-order valence-corrected chi connectivity index (χ2v) is 6.26. The van der Waals surface area contributed by atoms with Crippen LogP contribution in [0.1, 0.15) is 78.1 Å². The first-order valence-corrected chi connectivity index (χ1v) is 8.29. The zero-order valence-electron chi connectivity index (χ0n) is 13.4. The molecule has 0 aliphatic heterocycles. The van der Waals surface area contributed by atoms with Crippen molar-refractivity contribution in [3.05, 3.63) is 0 Å². The number of ketones is 2. The van der Waals surface area contributed by atoms with Crippen LogP contribution in [0.25, 0.3) is 0 Å². The molecule has 1 aliphatic carbocycles. The molecule has 0 amide bonds. The number of carbonyl (C=O) groups is 2. The largest absolute Gasteiger partial charge is 0.411 e. The minimum absolute atomic E-state index is 0.110. The lowest BCUT2D eigenvalue weighted by atomic mass is 9.78. The van der Waals surface area contributed by atoms with E-state index >= 15 is 0 Å². The van der Waals surface area contributed by atoms with Gasteiger partial charge in [-0.2, -0.15) is 0 Å². The molecule has 1 aliphatic rings. The van der Waals surface area contributed by atoms with Gasteiger partial charge in [0.15, 0.2) is 0 Å². The number of rotatable bonds is 3. The van der Waals surface area contributed by atoms with Crippen molar-refractivity contribution in [2.45, 2.75) is 78.1 Å². The Morgan fingerprint density at radius 1 is 0.952 bits per heavy atom. The summed E-state index contributed by atoms with van der Waals surface area (Å²) in [5.41, 5.74) is 0.644. The van der Waals surface area contributed by atoms with E-state index < -0.39 is 5.92 Å². The molecule has 0 aromatic heterocycles. The van der Waals surface area contributed by atoms with Crippen molar-refractivity contribution in [3.63, 3.8) is 0 Å². The molecule has 0 radical (unpaired) electrons. The second kappa shape index (κ2) is 9.69. The van der Waals surface area contributed by atoms with Crippen molar-refractivity contribution in [2.24, 2.45) is 17.0 Å². The fourth-order valence-corrected chi connectivity index (χ4v) is 3.42. The third kappa shape index (κ3) is 5.98. The normalized spacial score (nSPS) is 24.3. The van der Waals surface area contributed by atoms with Crippen molar-refractivity contribution >= 4 is 17.3 Å². The van der Waals surface area contributed by atoms with Crippen LogP contribution in [0.15, 0.2) is 5.16 Å². The highest BCUT2D eigenvalue weighted by molar-refractivity contribution is 6.05. The summed E-state index contributed by atoms with van der Waals surface area (Å²) in [5.74, 6) is -1.08. The molecule has 0 bridgehead atoms. The summed E-state index contributed by atoms with van der Waals surface area (Å²) in [4.78, 5) is 23.7. The predicted molar refractivity (Wildman–Crippen MR) is 83.7 cm³/mol. The maximum atomic E-state index is 11.9. The Bertz CT molecular complexity index is 362. The highest BCUT2D eigenvalue weighted by Gasteiger charge is 2.33. The van der Waals surface area contributed by atoms with Crippen molar-refractivity contribution in [2.75, 3.05) is 0 Å². The van der Waals surface area contributed by atoms with Gasteiger partial charge in [-0.25, -0.2) is 0 Å². The van der Waals surface area contributed by atoms with E-state index in [-0.39, 0.29) is 17.5 Å². The molecule has 1 N–H and O–H groups in total. The van der Waals surface area contributed by atoms with Gasteiger partial charge in [-0.15, -0.1) is 0 Å². The Hall–Kier alpha value is -1.19. The number of oxime groups is 1. The summed E-state index contributed by atoms with van der Waals surface area (Å²) in [6, 6.07) is 0. The zero-order chi connectivity index (χ0) is 15.7. The summed E-state index contributed by atoms with van der Waals surface area (Å²) >= 11 is 0. The van der Waals surface area contributed by atoms with E-state index in [9.17, 15) is 14.8 Å². The molecule has 0 saturated heterocycles. The van der Waals surface area contributed by atoms with Gasteiger partial charge in [-0.05, 0) is 33.1 Å². The van der Waals surface area contributed by atoms with E-state index in [0.29, 0.717) is 12.1 Å². The molecule has 1 rings (SSSR count). The quantitative estimate of drug-likeness (QED) is 0.483. The number of carbonyl (C=O) groups excluding carboxylic acids is 2. The Kier molecular flexibility index (Phi) is 8.24. The van der Waals surface area contributed by atoms with Gasteiger partial charge in [0.1, 0.15) is 11.6 Å². The first-order valence-electron chi connectivity index (χ1n) is 8.29. The van der Waals surface area contributed by atoms with Gasteiger partial charge in [0, 0.05) is 5.92 Å². The fourth-order valence-electron chi connectivity index (χ4n) is 3.42. The summed E-state index contributed by atoms with van der Waals surface area (Å²) in [6.45, 7) is 2.94. The van der Waals surface area contributed by atoms with Crippen molar-refractivity contribution in [1.29, 1.82) is 0 Å². The standard InChI is InChI=1S/C17H29NO3/c1-13(19)17(14(2)20)15-11-9-7-5-3-4-6-8-10-12-16(15)18-21/h15,17,21H,3-12H2,1-2H3/b18-16+. The molecular weight excluding hydrogens is 266 g/mol. The molecule has 1 unspecified atom stereocenters. The number of nitrogens with zero attached hydrogens (tertiary/aromatic N) is 1. The SMILES string of the molecule is CC(=O)C(C(C)=O)C1CCCCCCCCCC/C1=N\O. The second-order valence-electron chi connectivity index (χ2n) is 6.26. The molecule has 0 aromatic carbocycles. The maximum absolute atomic E-state index is 11.9. The molecule has 4 nitrogen and oxygen atoms in total. The van der Waals surface area contributed by atoms with Crippen LogP contribution in [-0.2, 0) is 9.59 Å². The van der Waals surface area contributed by atoms with Crippen LogP contribution in [0.5, 0.6) is 0 Å². The van der Waals surface area contributed by atoms with Gasteiger partial charge < -0.3 is 5.21 Å². The zero-order valence-corrected chi connectivity index (χ0v) is 13.4. The smallest absolute Gasteiger partial charge is 0.140 e. The van der Waals surface area contributed by atoms with E-state index in [2.05, 4.69) is 5.16 Å². The molecule has 21 heavy (non-hydrogen) atoms. The van der Waals surface area contributed by atoms with Gasteiger partial charge in [0.2, 0.25) is 0 Å². The van der Waals surface area contributed by atoms with Gasteiger partial charge in [-0.3, -0.25) is 9.59 Å². The summed E-state index contributed by atoms with van der Waals surface area (Å²) in [6.07, 6.45) is 10.6. The van der Waals surface area contributed by atoms with Gasteiger partial charge in [0.25, 0.3) is 0 Å². The number of hydrogen-bond donors (Lipinski definition) is 1. The minimum Gasteiger partial charge on any atom is -0.411 e. The highest BCUT2D eigenvalue weighted by atomic mass is 16.4. The fraction of sp³-hybridized carbons (Fsp3) is 0.824. The van der Waals surface area contributed by atoms with E-state index in [1.807, 2.05) is 0 Å². The topological polar surface area (TPSA) is 66.7 Å². The summed E-state index contributed by atoms with van der Waals surface area (Å²) in [5, 5.41) is 12.8. The van der Waals surface area contributed by atoms with Crippen LogP contribution < -0.4 is 0 Å². The van der Waals surface area contributed by atoms with Crippen molar-refractivity contribution in [1.82, 2.24) is 0 Å². The molecule has 0 heterocycles. The molecule has 1 saturated carbocycles. The average Bonchev–Trinajstić information content (AvgIpc) is 2.41. The van der Waals surface area contributed by atoms with Crippen molar-refractivity contribution in [3.8, 4) is 0 Å². The maximum Gasteiger partial charge on any atom is 0.140 e. The average molecular weight is 295 g/mol. The lowest BCUT2D eigenvalue weighted by molar-refractivity contribution is -0.131. The predicted octanol–water partition coefficient (Wildman–Crippen LogP) is 4.14. The van der Waals surface area contributed by atoms with Gasteiger partial charge in [-0.1, -0.05) is 50.1 Å². The third-order valence-corrected chi connectivity index (χ3v) is 4.53. The van der Waals surface area contributed by atoms with E-state index in [4.69, 9.17) is 0 Å². The molecule has 1 fully saturated rings. The molecule has 120 valence electrons. The summed E-state index contributed by atoms with van der Waals surface area (Å²) < 4.78 is 0. The van der Waals surface area contributed by atoms with E-state index in [1.165, 1.54) is 39.5 Å². The lowest BCUT2D eigenvalue weighted by Crippen LogP contribution is -2.34. The van der Waals surface area contributed by atoms with Crippen LogP contribution in [0.3, 0.4) is 0 Å². The Morgan fingerprint density at radius 2 is 1.43 bits per heavy atom. The Labute approximate surface area is 128 Å². The lowest BCUT2D eigenvalue weighted by Gasteiger charge is -2.24. The Morgan fingerprint density at radius 3 is 1.90 bits per heavy atom. The minimum atomic E-state index is -0.640. The van der Waals surface area contributed by atoms with Crippen LogP contribution in [-0.4, -0.2) is 22.5 Å². The van der Waals surface area contributed by atoms with E-state index in [1.54, 1.807) is 0 Å². The van der Waals surface area contributed by atoms with Crippen molar-refractivity contribution < 1.29 is 14.8 Å². The molecule has 0 aromatic rings. The molecule has 4 heteroatoms.